The van der Waals surface area contributed by atoms with Crippen LogP contribution in [0.1, 0.15) is 18.1 Å². The molecule has 0 radical (unpaired) electrons. The van der Waals surface area contributed by atoms with Gasteiger partial charge in [-0.15, -0.1) is 0 Å². The van der Waals surface area contributed by atoms with E-state index in [4.69, 9.17) is 16.3 Å². The van der Waals surface area contributed by atoms with Crippen molar-refractivity contribution in [2.24, 2.45) is 0 Å². The molecule has 17 heavy (non-hydrogen) atoms. The SMILES string of the molecule is COCCNCC(C)(O)c1ccc(C)c(Cl)c1. The summed E-state index contributed by atoms with van der Waals surface area (Å²) in [4.78, 5) is 0. The first-order valence-electron chi connectivity index (χ1n) is 5.66. The maximum Gasteiger partial charge on any atom is 0.0992 e. The molecule has 0 saturated heterocycles. The minimum atomic E-state index is -0.926. The lowest BCUT2D eigenvalue weighted by molar-refractivity contribution is 0.0550. The summed E-state index contributed by atoms with van der Waals surface area (Å²) in [7, 11) is 1.65. The summed E-state index contributed by atoms with van der Waals surface area (Å²) in [6.07, 6.45) is 0. The molecule has 0 bridgehead atoms. The highest BCUT2D eigenvalue weighted by Gasteiger charge is 2.22. The van der Waals surface area contributed by atoms with Gasteiger partial charge >= 0.3 is 0 Å². The number of hydrogen-bond donors (Lipinski definition) is 2. The molecular weight excluding hydrogens is 238 g/mol. The summed E-state index contributed by atoms with van der Waals surface area (Å²) in [6, 6.07) is 5.63. The summed E-state index contributed by atoms with van der Waals surface area (Å²) in [5, 5.41) is 14.2. The molecule has 4 heteroatoms. The number of aryl methyl sites for hydroxylation is 1. The second-order valence-electron chi connectivity index (χ2n) is 4.41. The maximum absolute atomic E-state index is 10.3. The van der Waals surface area contributed by atoms with Crippen molar-refractivity contribution in [1.82, 2.24) is 5.32 Å². The van der Waals surface area contributed by atoms with Crippen molar-refractivity contribution < 1.29 is 9.84 Å². The molecule has 0 saturated carbocycles. The van der Waals surface area contributed by atoms with Gasteiger partial charge in [-0.3, -0.25) is 0 Å². The van der Waals surface area contributed by atoms with E-state index in [-0.39, 0.29) is 0 Å². The van der Waals surface area contributed by atoms with Gasteiger partial charge in [0.25, 0.3) is 0 Å². The van der Waals surface area contributed by atoms with Crippen LogP contribution in [-0.2, 0) is 10.3 Å². The van der Waals surface area contributed by atoms with E-state index in [1.54, 1.807) is 14.0 Å². The number of rotatable bonds is 6. The van der Waals surface area contributed by atoms with Crippen molar-refractivity contribution in [3.05, 3.63) is 34.3 Å². The van der Waals surface area contributed by atoms with Crippen molar-refractivity contribution in [1.29, 1.82) is 0 Å². The summed E-state index contributed by atoms with van der Waals surface area (Å²) in [5.41, 5.74) is 0.905. The number of hydrogen-bond acceptors (Lipinski definition) is 3. The van der Waals surface area contributed by atoms with E-state index in [9.17, 15) is 5.11 Å². The Morgan fingerprint density at radius 2 is 2.18 bits per heavy atom. The molecule has 0 aliphatic heterocycles. The number of halogens is 1. The Balaban J connectivity index is 2.64. The van der Waals surface area contributed by atoms with Gasteiger partial charge in [-0.2, -0.15) is 0 Å². The molecule has 0 aromatic heterocycles. The van der Waals surface area contributed by atoms with Crippen LogP contribution < -0.4 is 5.32 Å². The minimum absolute atomic E-state index is 0.468. The van der Waals surface area contributed by atoms with Crippen LogP contribution in [0.25, 0.3) is 0 Å². The average Bonchev–Trinajstić information content (AvgIpc) is 2.28. The number of nitrogens with one attached hydrogen (secondary N) is 1. The van der Waals surface area contributed by atoms with Crippen molar-refractivity contribution in [2.75, 3.05) is 26.8 Å². The Hall–Kier alpha value is -0.610. The molecule has 0 heterocycles. The Morgan fingerprint density at radius 3 is 2.76 bits per heavy atom. The molecule has 0 fully saturated rings. The maximum atomic E-state index is 10.3. The van der Waals surface area contributed by atoms with Gasteiger partial charge in [0.2, 0.25) is 0 Å². The van der Waals surface area contributed by atoms with E-state index in [0.29, 0.717) is 24.7 Å². The first-order chi connectivity index (χ1) is 7.97. The molecular formula is C13H20ClNO2. The van der Waals surface area contributed by atoms with Crippen molar-refractivity contribution >= 4 is 11.6 Å². The Labute approximate surface area is 108 Å². The standard InChI is InChI=1S/C13H20ClNO2/c1-10-4-5-11(8-12(10)14)13(2,16)9-15-6-7-17-3/h4-5,8,15-16H,6-7,9H2,1-3H3. The quantitative estimate of drug-likeness (QED) is 0.767. The second-order valence-corrected chi connectivity index (χ2v) is 4.81. The lowest BCUT2D eigenvalue weighted by Crippen LogP contribution is -2.36. The summed E-state index contributed by atoms with van der Waals surface area (Å²) in [5.74, 6) is 0. The third-order valence-electron chi connectivity index (χ3n) is 2.75. The smallest absolute Gasteiger partial charge is 0.0992 e. The largest absolute Gasteiger partial charge is 0.384 e. The monoisotopic (exact) mass is 257 g/mol. The fraction of sp³-hybridized carbons (Fsp3) is 0.538. The zero-order valence-corrected chi connectivity index (χ0v) is 11.3. The molecule has 0 aliphatic carbocycles. The van der Waals surface area contributed by atoms with E-state index < -0.39 is 5.60 Å². The Bertz CT molecular complexity index is 366. The van der Waals surface area contributed by atoms with Gasteiger partial charge in [0.1, 0.15) is 0 Å². The van der Waals surface area contributed by atoms with Crippen molar-refractivity contribution in [3.8, 4) is 0 Å². The van der Waals surface area contributed by atoms with Crippen molar-refractivity contribution in [3.63, 3.8) is 0 Å². The lowest BCUT2D eigenvalue weighted by Gasteiger charge is -2.25. The fourth-order valence-electron chi connectivity index (χ4n) is 1.54. The Kier molecular flexibility index (Phi) is 5.40. The molecule has 0 spiro atoms. The van der Waals surface area contributed by atoms with Crippen LogP contribution in [0.3, 0.4) is 0 Å². The fourth-order valence-corrected chi connectivity index (χ4v) is 1.72. The topological polar surface area (TPSA) is 41.5 Å². The van der Waals surface area contributed by atoms with Crippen LogP contribution in [-0.4, -0.2) is 31.9 Å². The lowest BCUT2D eigenvalue weighted by atomic mass is 9.95. The number of ether oxygens (including phenoxy) is 1. The number of aliphatic hydroxyl groups is 1. The predicted octanol–water partition coefficient (Wildman–Crippen LogP) is 2.09. The zero-order valence-electron chi connectivity index (χ0n) is 10.6. The van der Waals surface area contributed by atoms with Crippen LogP contribution in [0, 0.1) is 6.92 Å². The number of methoxy groups -OCH3 is 1. The van der Waals surface area contributed by atoms with Crippen LogP contribution in [0.2, 0.25) is 5.02 Å². The normalized spacial score (nSPS) is 14.6. The summed E-state index contributed by atoms with van der Waals surface area (Å²) >= 11 is 6.05. The van der Waals surface area contributed by atoms with Crippen molar-refractivity contribution in [2.45, 2.75) is 19.4 Å². The number of benzene rings is 1. The molecule has 1 rings (SSSR count). The second kappa shape index (κ2) is 6.36. The third kappa shape index (κ3) is 4.28. The molecule has 1 aromatic rings. The Morgan fingerprint density at radius 1 is 1.47 bits per heavy atom. The van der Waals surface area contributed by atoms with E-state index in [1.807, 2.05) is 25.1 Å². The first-order valence-corrected chi connectivity index (χ1v) is 6.04. The van der Waals surface area contributed by atoms with Crippen LogP contribution in [0.15, 0.2) is 18.2 Å². The summed E-state index contributed by atoms with van der Waals surface area (Å²) < 4.78 is 4.93. The van der Waals surface area contributed by atoms with Gasteiger partial charge < -0.3 is 15.2 Å². The predicted molar refractivity (Wildman–Crippen MR) is 70.5 cm³/mol. The highest BCUT2D eigenvalue weighted by molar-refractivity contribution is 6.31. The summed E-state index contributed by atoms with van der Waals surface area (Å²) in [6.45, 7) is 5.53. The van der Waals surface area contributed by atoms with E-state index in [2.05, 4.69) is 5.32 Å². The van der Waals surface area contributed by atoms with E-state index in [0.717, 1.165) is 11.1 Å². The van der Waals surface area contributed by atoms with Gasteiger partial charge in [-0.05, 0) is 31.0 Å². The van der Waals surface area contributed by atoms with Gasteiger partial charge in [0.15, 0.2) is 0 Å². The van der Waals surface area contributed by atoms with Gasteiger partial charge in [0.05, 0.1) is 12.2 Å². The average molecular weight is 258 g/mol. The van der Waals surface area contributed by atoms with Crippen LogP contribution in [0.4, 0.5) is 0 Å². The zero-order chi connectivity index (χ0) is 12.9. The third-order valence-corrected chi connectivity index (χ3v) is 3.15. The molecule has 1 aromatic carbocycles. The molecule has 0 amide bonds. The molecule has 2 N–H and O–H groups in total. The highest BCUT2D eigenvalue weighted by Crippen LogP contribution is 2.25. The molecule has 1 atom stereocenters. The molecule has 0 aliphatic rings. The highest BCUT2D eigenvalue weighted by atomic mass is 35.5. The minimum Gasteiger partial charge on any atom is -0.384 e. The molecule has 1 unspecified atom stereocenters. The molecule has 3 nitrogen and oxygen atoms in total. The van der Waals surface area contributed by atoms with Gasteiger partial charge in [-0.1, -0.05) is 23.7 Å². The molecule has 96 valence electrons. The van der Waals surface area contributed by atoms with Gasteiger partial charge in [0, 0.05) is 25.2 Å². The van der Waals surface area contributed by atoms with Crippen LogP contribution in [0.5, 0.6) is 0 Å². The van der Waals surface area contributed by atoms with Crippen LogP contribution >= 0.6 is 11.6 Å². The van der Waals surface area contributed by atoms with Gasteiger partial charge in [-0.25, -0.2) is 0 Å². The van der Waals surface area contributed by atoms with E-state index in [1.165, 1.54) is 0 Å². The first kappa shape index (κ1) is 14.5. The van der Waals surface area contributed by atoms with E-state index >= 15 is 0 Å².